The highest BCUT2D eigenvalue weighted by molar-refractivity contribution is 7.92. The van der Waals surface area contributed by atoms with Gasteiger partial charge in [-0.3, -0.25) is 4.72 Å². The Balaban J connectivity index is 1.86. The Morgan fingerprint density at radius 3 is 2.91 bits per heavy atom. The van der Waals surface area contributed by atoms with Crippen LogP contribution in [-0.2, 0) is 10.0 Å². The third-order valence-corrected chi connectivity index (χ3v) is 5.62. The zero-order valence-electron chi connectivity index (χ0n) is 12.5. The number of thiazole rings is 1. The van der Waals surface area contributed by atoms with E-state index in [2.05, 4.69) is 20.3 Å². The Bertz CT molecular complexity index is 787. The largest absolute Gasteiger partial charge is 0.381 e. The van der Waals surface area contributed by atoms with Gasteiger partial charge < -0.3 is 10.6 Å². The highest BCUT2D eigenvalue weighted by Crippen LogP contribution is 2.26. The molecule has 0 amide bonds. The molecular weight excluding hydrogens is 339 g/mol. The summed E-state index contributed by atoms with van der Waals surface area (Å²) < 4.78 is 41.2. The van der Waals surface area contributed by atoms with Gasteiger partial charge >= 0.3 is 0 Å². The topological polar surface area (TPSA) is 83.1 Å². The molecule has 1 aliphatic heterocycles. The fourth-order valence-corrected chi connectivity index (χ4v) is 4.17. The van der Waals surface area contributed by atoms with Crippen molar-refractivity contribution in [1.29, 1.82) is 0 Å². The van der Waals surface area contributed by atoms with Crippen LogP contribution in [0.4, 0.5) is 15.9 Å². The van der Waals surface area contributed by atoms with Crippen molar-refractivity contribution in [2.24, 2.45) is 0 Å². The van der Waals surface area contributed by atoms with Gasteiger partial charge in [0.05, 0.1) is 5.51 Å². The molecule has 2 heterocycles. The molecule has 3 N–H and O–H groups in total. The highest BCUT2D eigenvalue weighted by Gasteiger charge is 2.23. The van der Waals surface area contributed by atoms with Crippen molar-refractivity contribution in [3.8, 4) is 0 Å². The lowest BCUT2D eigenvalue weighted by Crippen LogP contribution is -2.23. The molecule has 1 aliphatic rings. The van der Waals surface area contributed by atoms with Gasteiger partial charge in [-0.15, -0.1) is 11.3 Å². The van der Waals surface area contributed by atoms with E-state index in [1.807, 2.05) is 0 Å². The van der Waals surface area contributed by atoms with E-state index in [1.165, 1.54) is 29.0 Å². The maximum atomic E-state index is 14.3. The first-order valence-corrected chi connectivity index (χ1v) is 9.57. The number of rotatable bonds is 5. The van der Waals surface area contributed by atoms with Crippen molar-refractivity contribution in [1.82, 2.24) is 10.3 Å². The summed E-state index contributed by atoms with van der Waals surface area (Å²) in [6.07, 6.45) is 0.951. The summed E-state index contributed by atoms with van der Waals surface area (Å²) in [6, 6.07) is 2.81. The van der Waals surface area contributed by atoms with Gasteiger partial charge in [-0.1, -0.05) is 0 Å². The van der Waals surface area contributed by atoms with Gasteiger partial charge in [0, 0.05) is 23.7 Å². The van der Waals surface area contributed by atoms with Crippen LogP contribution in [0.3, 0.4) is 0 Å². The van der Waals surface area contributed by atoms with Gasteiger partial charge in [0.25, 0.3) is 10.0 Å². The molecule has 9 heteroatoms. The molecule has 1 unspecified atom stereocenters. The number of hydrogen-bond acceptors (Lipinski definition) is 6. The predicted molar refractivity (Wildman–Crippen MR) is 89.0 cm³/mol. The molecular formula is C14H17FN4O2S2. The van der Waals surface area contributed by atoms with Crippen molar-refractivity contribution in [2.75, 3.05) is 23.1 Å². The molecule has 3 rings (SSSR count). The molecule has 2 aromatic rings. The van der Waals surface area contributed by atoms with E-state index in [0.717, 1.165) is 19.5 Å². The molecule has 6 nitrogen and oxygen atoms in total. The summed E-state index contributed by atoms with van der Waals surface area (Å²) in [4.78, 5) is 3.47. The number of aryl methyl sites for hydroxylation is 1. The van der Waals surface area contributed by atoms with Gasteiger partial charge in [-0.2, -0.15) is 0 Å². The number of nitrogens with one attached hydrogen (secondary N) is 3. The molecule has 1 aromatic carbocycles. The quantitative estimate of drug-likeness (QED) is 0.765. The second kappa shape index (κ2) is 6.42. The summed E-state index contributed by atoms with van der Waals surface area (Å²) in [5.74, 6) is -0.599. The third-order valence-electron chi connectivity index (χ3n) is 3.66. The second-order valence-electron chi connectivity index (χ2n) is 5.41. The molecule has 1 saturated heterocycles. The SMILES string of the molecule is Cc1cc(S(=O)(=O)Nc2cscn2)c(F)cc1NC1CCNC1. The van der Waals surface area contributed by atoms with E-state index in [-0.39, 0.29) is 16.8 Å². The number of benzene rings is 1. The predicted octanol–water partition coefficient (Wildman–Crippen LogP) is 2.17. The molecule has 124 valence electrons. The zero-order chi connectivity index (χ0) is 16.4. The number of hydrogen-bond donors (Lipinski definition) is 3. The van der Waals surface area contributed by atoms with Gasteiger partial charge in [0.15, 0.2) is 5.82 Å². The Morgan fingerprint density at radius 2 is 2.26 bits per heavy atom. The Kier molecular flexibility index (Phi) is 4.51. The number of anilines is 2. The van der Waals surface area contributed by atoms with E-state index in [0.29, 0.717) is 11.3 Å². The second-order valence-corrected chi connectivity index (χ2v) is 7.78. The molecule has 23 heavy (non-hydrogen) atoms. The van der Waals surface area contributed by atoms with Crippen LogP contribution >= 0.6 is 11.3 Å². The monoisotopic (exact) mass is 356 g/mol. The minimum Gasteiger partial charge on any atom is -0.381 e. The van der Waals surface area contributed by atoms with Crippen LogP contribution in [0.1, 0.15) is 12.0 Å². The van der Waals surface area contributed by atoms with Crippen LogP contribution in [0.2, 0.25) is 0 Å². The van der Waals surface area contributed by atoms with Crippen LogP contribution in [0.15, 0.2) is 27.9 Å². The fraction of sp³-hybridized carbons (Fsp3) is 0.357. The smallest absolute Gasteiger partial charge is 0.266 e. The van der Waals surface area contributed by atoms with Crippen LogP contribution < -0.4 is 15.4 Å². The van der Waals surface area contributed by atoms with E-state index < -0.39 is 15.8 Å². The lowest BCUT2D eigenvalue weighted by atomic mass is 10.1. The normalized spacial score (nSPS) is 18.1. The maximum absolute atomic E-state index is 14.3. The minimum absolute atomic E-state index is 0.186. The zero-order valence-corrected chi connectivity index (χ0v) is 14.1. The molecule has 0 aliphatic carbocycles. The van der Waals surface area contributed by atoms with Crippen molar-refractivity contribution in [3.63, 3.8) is 0 Å². The number of sulfonamides is 1. The summed E-state index contributed by atoms with van der Waals surface area (Å²) >= 11 is 1.26. The van der Waals surface area contributed by atoms with Crippen molar-refractivity contribution < 1.29 is 12.8 Å². The summed E-state index contributed by atoms with van der Waals surface area (Å²) in [7, 11) is -4.00. The van der Waals surface area contributed by atoms with Crippen LogP contribution in [0, 0.1) is 12.7 Å². The van der Waals surface area contributed by atoms with Gasteiger partial charge in [-0.25, -0.2) is 17.8 Å². The average molecular weight is 356 g/mol. The van der Waals surface area contributed by atoms with Crippen molar-refractivity contribution in [2.45, 2.75) is 24.3 Å². The molecule has 1 fully saturated rings. The molecule has 1 atom stereocenters. The van der Waals surface area contributed by atoms with Crippen molar-refractivity contribution in [3.05, 3.63) is 34.4 Å². The van der Waals surface area contributed by atoms with E-state index in [9.17, 15) is 12.8 Å². The summed E-state index contributed by atoms with van der Waals surface area (Å²) in [6.45, 7) is 3.49. The highest BCUT2D eigenvalue weighted by atomic mass is 32.2. The van der Waals surface area contributed by atoms with Crippen LogP contribution in [0.25, 0.3) is 0 Å². The lowest BCUT2D eigenvalue weighted by Gasteiger charge is -2.17. The first-order valence-electron chi connectivity index (χ1n) is 7.14. The van der Waals surface area contributed by atoms with E-state index in [1.54, 1.807) is 12.3 Å². The molecule has 0 bridgehead atoms. The molecule has 0 spiro atoms. The molecule has 1 aromatic heterocycles. The Morgan fingerprint density at radius 1 is 1.43 bits per heavy atom. The number of nitrogens with zero attached hydrogens (tertiary/aromatic N) is 1. The average Bonchev–Trinajstić information content (AvgIpc) is 3.15. The molecule has 0 saturated carbocycles. The Labute approximate surface area is 138 Å². The summed E-state index contributed by atoms with van der Waals surface area (Å²) in [5.41, 5.74) is 2.79. The van der Waals surface area contributed by atoms with Gasteiger partial charge in [0.2, 0.25) is 0 Å². The number of aromatic nitrogens is 1. The lowest BCUT2D eigenvalue weighted by molar-refractivity contribution is 0.570. The Hall–Kier alpha value is -1.71. The summed E-state index contributed by atoms with van der Waals surface area (Å²) in [5, 5.41) is 8.01. The maximum Gasteiger partial charge on any atom is 0.266 e. The third kappa shape index (κ3) is 3.62. The van der Waals surface area contributed by atoms with Gasteiger partial charge in [-0.05, 0) is 37.6 Å². The van der Waals surface area contributed by atoms with Crippen LogP contribution in [0.5, 0.6) is 0 Å². The fourth-order valence-electron chi connectivity index (χ4n) is 2.47. The van der Waals surface area contributed by atoms with Crippen molar-refractivity contribution >= 4 is 32.9 Å². The van der Waals surface area contributed by atoms with Crippen LogP contribution in [-0.4, -0.2) is 32.5 Å². The minimum atomic E-state index is -4.00. The first-order chi connectivity index (χ1) is 11.0. The first kappa shape index (κ1) is 16.2. The molecule has 0 radical (unpaired) electrons. The standard InChI is InChI=1S/C14H17FN4O2S2/c1-9-4-13(23(20,21)19-14-7-22-8-17-14)11(15)5-12(9)18-10-2-3-16-6-10/h4-5,7-8,10,16,18-19H,2-3,6H2,1H3. The number of halogens is 1. The van der Waals surface area contributed by atoms with E-state index in [4.69, 9.17) is 0 Å². The van der Waals surface area contributed by atoms with E-state index >= 15 is 0 Å². The van der Waals surface area contributed by atoms with Gasteiger partial charge in [0.1, 0.15) is 10.7 Å².